The zero-order valence-corrected chi connectivity index (χ0v) is 33.9. The van der Waals surface area contributed by atoms with Crippen molar-refractivity contribution in [1.29, 1.82) is 0 Å². The zero-order valence-electron chi connectivity index (χ0n) is 33.0. The summed E-state index contributed by atoms with van der Waals surface area (Å²) in [6.07, 6.45) is 31.7. The molecule has 0 bridgehead atoms. The molecule has 0 aromatic carbocycles. The number of phosphoric acid groups is 1. The Balaban J connectivity index is 4.27. The summed E-state index contributed by atoms with van der Waals surface area (Å²) in [6, 6.07) is 0. The van der Waals surface area contributed by atoms with Crippen molar-refractivity contribution in [3.8, 4) is 0 Å². The Morgan fingerprint density at radius 2 is 0.922 bits per heavy atom. The van der Waals surface area contributed by atoms with Crippen LogP contribution < -0.4 is 0 Å². The molecule has 0 amide bonds. The van der Waals surface area contributed by atoms with Crippen LogP contribution in [0.3, 0.4) is 0 Å². The van der Waals surface area contributed by atoms with Crippen molar-refractivity contribution in [3.63, 3.8) is 0 Å². The normalized spacial score (nSPS) is 14.7. The van der Waals surface area contributed by atoms with Crippen molar-refractivity contribution in [2.45, 2.75) is 225 Å². The predicted molar refractivity (Wildman–Crippen MR) is 207 cm³/mol. The van der Waals surface area contributed by atoms with Crippen molar-refractivity contribution in [1.82, 2.24) is 0 Å². The topological polar surface area (TPSA) is 152 Å². The number of rotatable bonds is 41. The largest absolute Gasteiger partial charge is 0.472 e. The summed E-state index contributed by atoms with van der Waals surface area (Å²) in [5.74, 6) is -0.461. The first-order valence-corrected chi connectivity index (χ1v) is 22.6. The molecule has 0 aromatic heterocycles. The molecule has 4 atom stereocenters. The fourth-order valence-electron chi connectivity index (χ4n) is 6.09. The van der Waals surface area contributed by atoms with Crippen LogP contribution in [0.2, 0.25) is 0 Å². The number of esters is 1. The van der Waals surface area contributed by atoms with Gasteiger partial charge in [-0.05, 0) is 19.3 Å². The summed E-state index contributed by atoms with van der Waals surface area (Å²) in [4.78, 5) is 22.5. The predicted octanol–water partition coefficient (Wildman–Crippen LogP) is 10.5. The molecule has 0 aliphatic heterocycles. The monoisotopic (exact) mass is 753 g/mol. The number of unbranched alkanes of at least 4 members (excludes halogenated alkanes) is 26. The molecule has 0 aromatic rings. The maximum atomic E-state index is 12.6. The lowest BCUT2D eigenvalue weighted by Crippen LogP contribution is -2.30. The SMILES string of the molecule is CCCCCCCCCCCCCCCCCC(=O)O[C@@H](COC(O)CCCCCCCCCCCCCCC)COP(=O)(O)OC[C@H](O)CO. The molecular formula is C40H81O10P. The standard InChI is InChI=1S/C40H81O10P/c1-3-5-7-9-11-13-15-17-18-20-22-24-26-28-30-32-40(44)50-38(36-49-51(45,46)48-34-37(42)33-41)35-47-39(43)31-29-27-25-23-21-19-16-14-12-10-8-6-4-2/h37-39,41-43H,3-36H2,1-2H3,(H,45,46)/t37-,38+,39?/m1/s1. The van der Waals surface area contributed by atoms with Gasteiger partial charge in [0.2, 0.25) is 0 Å². The second kappa shape index (κ2) is 37.7. The highest BCUT2D eigenvalue weighted by Crippen LogP contribution is 2.43. The van der Waals surface area contributed by atoms with E-state index in [1.165, 1.54) is 135 Å². The summed E-state index contributed by atoms with van der Waals surface area (Å²) >= 11 is 0. The molecule has 11 heteroatoms. The van der Waals surface area contributed by atoms with E-state index < -0.39 is 52.1 Å². The van der Waals surface area contributed by atoms with E-state index in [1.807, 2.05) is 0 Å². The summed E-state index contributed by atoms with van der Waals surface area (Å²) in [5, 5.41) is 28.7. The molecular weight excluding hydrogens is 671 g/mol. The molecule has 0 aliphatic carbocycles. The summed E-state index contributed by atoms with van der Waals surface area (Å²) in [6.45, 7) is 2.58. The smallest absolute Gasteiger partial charge is 0.457 e. The molecule has 10 nitrogen and oxygen atoms in total. The third-order valence-corrected chi connectivity index (χ3v) is 10.3. The van der Waals surface area contributed by atoms with Gasteiger partial charge in [0, 0.05) is 6.42 Å². The molecule has 2 unspecified atom stereocenters. The van der Waals surface area contributed by atoms with Gasteiger partial charge in [-0.3, -0.25) is 13.8 Å². The molecule has 0 radical (unpaired) electrons. The average molecular weight is 753 g/mol. The number of carbonyl (C=O) groups excluding carboxylic acids is 1. The summed E-state index contributed by atoms with van der Waals surface area (Å²) in [7, 11) is -4.58. The number of aliphatic hydroxyl groups is 3. The molecule has 4 N–H and O–H groups in total. The third kappa shape index (κ3) is 37.5. The van der Waals surface area contributed by atoms with Crippen LogP contribution in [-0.2, 0) is 27.9 Å². The number of aliphatic hydroxyl groups excluding tert-OH is 3. The van der Waals surface area contributed by atoms with E-state index in [0.29, 0.717) is 12.8 Å². The Kier molecular flexibility index (Phi) is 37.3. The van der Waals surface area contributed by atoms with Crippen LogP contribution in [0.15, 0.2) is 0 Å². The zero-order chi connectivity index (χ0) is 37.7. The van der Waals surface area contributed by atoms with Gasteiger partial charge in [0.1, 0.15) is 12.2 Å². The Hall–Kier alpha value is -0.580. The van der Waals surface area contributed by atoms with E-state index in [1.54, 1.807) is 0 Å². The average Bonchev–Trinajstić information content (AvgIpc) is 3.12. The summed E-state index contributed by atoms with van der Waals surface area (Å²) < 4.78 is 33.0. The molecule has 0 saturated carbocycles. The van der Waals surface area contributed by atoms with Crippen molar-refractivity contribution in [3.05, 3.63) is 0 Å². The van der Waals surface area contributed by atoms with Gasteiger partial charge in [-0.1, -0.05) is 181 Å². The van der Waals surface area contributed by atoms with Crippen molar-refractivity contribution >= 4 is 13.8 Å². The minimum absolute atomic E-state index is 0.205. The van der Waals surface area contributed by atoms with E-state index in [9.17, 15) is 24.5 Å². The third-order valence-electron chi connectivity index (χ3n) is 9.38. The van der Waals surface area contributed by atoms with Crippen LogP contribution >= 0.6 is 7.82 Å². The molecule has 0 aliphatic rings. The fourth-order valence-corrected chi connectivity index (χ4v) is 6.88. The van der Waals surface area contributed by atoms with E-state index >= 15 is 0 Å². The Morgan fingerprint density at radius 3 is 1.33 bits per heavy atom. The molecule has 51 heavy (non-hydrogen) atoms. The minimum atomic E-state index is -4.58. The van der Waals surface area contributed by atoms with Crippen LogP contribution in [0.4, 0.5) is 0 Å². The molecule has 0 saturated heterocycles. The van der Waals surface area contributed by atoms with Gasteiger partial charge >= 0.3 is 13.8 Å². The molecule has 0 spiro atoms. The highest BCUT2D eigenvalue weighted by molar-refractivity contribution is 7.47. The molecule has 0 heterocycles. The van der Waals surface area contributed by atoms with Crippen LogP contribution in [0.5, 0.6) is 0 Å². The van der Waals surface area contributed by atoms with E-state index in [4.69, 9.17) is 23.6 Å². The van der Waals surface area contributed by atoms with Gasteiger partial charge < -0.3 is 29.7 Å². The minimum Gasteiger partial charge on any atom is -0.457 e. The summed E-state index contributed by atoms with van der Waals surface area (Å²) in [5.41, 5.74) is 0. The van der Waals surface area contributed by atoms with Gasteiger partial charge in [0.25, 0.3) is 0 Å². The van der Waals surface area contributed by atoms with Crippen LogP contribution in [0.25, 0.3) is 0 Å². The molecule has 0 rings (SSSR count). The Morgan fingerprint density at radius 1 is 0.549 bits per heavy atom. The van der Waals surface area contributed by atoms with Crippen molar-refractivity contribution < 1.29 is 48.1 Å². The fraction of sp³-hybridized carbons (Fsp3) is 0.975. The van der Waals surface area contributed by atoms with Crippen molar-refractivity contribution in [2.24, 2.45) is 0 Å². The maximum Gasteiger partial charge on any atom is 0.472 e. The van der Waals surface area contributed by atoms with Crippen molar-refractivity contribution in [2.75, 3.05) is 26.4 Å². The first kappa shape index (κ1) is 50.4. The highest BCUT2D eigenvalue weighted by Gasteiger charge is 2.27. The van der Waals surface area contributed by atoms with Gasteiger partial charge in [-0.25, -0.2) is 4.57 Å². The maximum absolute atomic E-state index is 12.6. The van der Waals surface area contributed by atoms with Gasteiger partial charge in [-0.2, -0.15) is 0 Å². The van der Waals surface area contributed by atoms with E-state index in [-0.39, 0.29) is 13.0 Å². The lowest BCUT2D eigenvalue weighted by atomic mass is 10.0. The Labute approximate surface area is 312 Å². The lowest BCUT2D eigenvalue weighted by Gasteiger charge is -2.22. The molecule has 306 valence electrons. The van der Waals surface area contributed by atoms with E-state index in [0.717, 1.165) is 38.5 Å². The highest BCUT2D eigenvalue weighted by atomic mass is 31.2. The lowest BCUT2D eigenvalue weighted by molar-refractivity contribution is -0.166. The number of hydrogen-bond donors (Lipinski definition) is 4. The van der Waals surface area contributed by atoms with Gasteiger partial charge in [0.05, 0.1) is 26.4 Å². The quantitative estimate of drug-likeness (QED) is 0.0205. The van der Waals surface area contributed by atoms with E-state index in [2.05, 4.69) is 13.8 Å². The van der Waals surface area contributed by atoms with Crippen LogP contribution in [0.1, 0.15) is 206 Å². The number of carbonyl (C=O) groups is 1. The number of ether oxygens (including phenoxy) is 2. The second-order valence-corrected chi connectivity index (χ2v) is 16.0. The van der Waals surface area contributed by atoms with Gasteiger partial charge in [0.15, 0.2) is 6.29 Å². The number of hydrogen-bond acceptors (Lipinski definition) is 9. The molecule has 0 fully saturated rings. The number of phosphoric ester groups is 1. The van der Waals surface area contributed by atoms with Crippen LogP contribution in [0, 0.1) is 0 Å². The first-order valence-electron chi connectivity index (χ1n) is 21.1. The van der Waals surface area contributed by atoms with Crippen LogP contribution in [-0.4, -0.2) is 71.1 Å². The van der Waals surface area contributed by atoms with Gasteiger partial charge in [-0.15, -0.1) is 0 Å². The second-order valence-electron chi connectivity index (χ2n) is 14.5. The first-order chi connectivity index (χ1) is 24.7. The Bertz CT molecular complexity index is 786.